The van der Waals surface area contributed by atoms with E-state index in [1.807, 2.05) is 0 Å². The molecule has 0 atom stereocenters. The fourth-order valence-corrected chi connectivity index (χ4v) is 2.18. The number of anilines is 2. The molecule has 3 rings (SSSR count). The number of hydrogen-bond acceptors (Lipinski definition) is 5. The smallest absolute Gasteiger partial charge is 0.224 e. The van der Waals surface area contributed by atoms with Crippen molar-refractivity contribution in [2.45, 2.75) is 19.3 Å². The molecule has 0 unspecified atom stereocenters. The molecule has 1 aliphatic heterocycles. The van der Waals surface area contributed by atoms with Crippen LogP contribution in [0.15, 0.2) is 6.20 Å². The topological polar surface area (TPSA) is 83.7 Å². The number of aromatic amines is 1. The van der Waals surface area contributed by atoms with Gasteiger partial charge in [-0.3, -0.25) is 5.10 Å². The van der Waals surface area contributed by atoms with Gasteiger partial charge in [-0.1, -0.05) is 0 Å². The average molecular weight is 218 g/mol. The van der Waals surface area contributed by atoms with E-state index in [1.54, 1.807) is 6.20 Å². The molecule has 0 radical (unpaired) electrons. The van der Waals surface area contributed by atoms with Crippen molar-refractivity contribution < 1.29 is 0 Å². The maximum atomic E-state index is 5.69. The van der Waals surface area contributed by atoms with E-state index >= 15 is 0 Å². The summed E-state index contributed by atoms with van der Waals surface area (Å²) in [5.41, 5.74) is 6.41. The second-order valence-corrected chi connectivity index (χ2v) is 4.09. The number of hydrogen-bond donors (Lipinski definition) is 2. The lowest BCUT2D eigenvalue weighted by molar-refractivity contribution is 0.575. The van der Waals surface area contributed by atoms with Gasteiger partial charge in [-0.05, 0) is 19.3 Å². The van der Waals surface area contributed by atoms with E-state index in [1.165, 1.54) is 19.3 Å². The van der Waals surface area contributed by atoms with E-state index in [9.17, 15) is 0 Å². The minimum absolute atomic E-state index is 0.303. The van der Waals surface area contributed by atoms with Gasteiger partial charge in [0.15, 0.2) is 5.65 Å². The van der Waals surface area contributed by atoms with Crippen molar-refractivity contribution >= 4 is 22.8 Å². The van der Waals surface area contributed by atoms with E-state index in [4.69, 9.17) is 5.73 Å². The van der Waals surface area contributed by atoms with Gasteiger partial charge in [-0.25, -0.2) is 0 Å². The molecule has 6 nitrogen and oxygen atoms in total. The highest BCUT2D eigenvalue weighted by Gasteiger charge is 2.17. The van der Waals surface area contributed by atoms with Crippen LogP contribution in [0.1, 0.15) is 19.3 Å². The second kappa shape index (κ2) is 3.62. The van der Waals surface area contributed by atoms with Crippen LogP contribution in [-0.4, -0.2) is 33.3 Å². The molecule has 16 heavy (non-hydrogen) atoms. The number of nitrogens with one attached hydrogen (secondary N) is 1. The minimum Gasteiger partial charge on any atom is -0.368 e. The number of H-pyrrole nitrogens is 1. The Kier molecular flexibility index (Phi) is 2.12. The number of rotatable bonds is 1. The summed E-state index contributed by atoms with van der Waals surface area (Å²) in [5, 5.41) is 7.77. The molecule has 6 heteroatoms. The standard InChI is InChI=1S/C10H14N6/c11-10-13-8-7(6-12-15-8)9(14-10)16-4-2-1-3-5-16/h6H,1-5H2,(H3,11,12,13,14,15). The first-order valence-electron chi connectivity index (χ1n) is 5.56. The van der Waals surface area contributed by atoms with E-state index < -0.39 is 0 Å². The van der Waals surface area contributed by atoms with Crippen LogP contribution in [0.25, 0.3) is 11.0 Å². The quantitative estimate of drug-likeness (QED) is 0.743. The zero-order valence-corrected chi connectivity index (χ0v) is 8.98. The molecule has 2 aromatic rings. The maximum absolute atomic E-state index is 5.69. The predicted octanol–water partition coefficient (Wildman–Crippen LogP) is 0.925. The molecular formula is C10H14N6. The van der Waals surface area contributed by atoms with Gasteiger partial charge in [0.2, 0.25) is 5.95 Å². The van der Waals surface area contributed by atoms with E-state index in [0.29, 0.717) is 11.6 Å². The average Bonchev–Trinajstić information content (AvgIpc) is 2.77. The van der Waals surface area contributed by atoms with Crippen LogP contribution in [0.3, 0.4) is 0 Å². The van der Waals surface area contributed by atoms with Gasteiger partial charge in [0, 0.05) is 13.1 Å². The van der Waals surface area contributed by atoms with Gasteiger partial charge in [-0.2, -0.15) is 15.1 Å². The van der Waals surface area contributed by atoms with Gasteiger partial charge in [-0.15, -0.1) is 0 Å². The van der Waals surface area contributed by atoms with E-state index in [-0.39, 0.29) is 0 Å². The highest BCUT2D eigenvalue weighted by atomic mass is 15.2. The van der Waals surface area contributed by atoms with Gasteiger partial charge in [0.25, 0.3) is 0 Å². The van der Waals surface area contributed by atoms with E-state index in [0.717, 1.165) is 24.3 Å². The number of nitrogens with two attached hydrogens (primary N) is 1. The maximum Gasteiger partial charge on any atom is 0.224 e. The predicted molar refractivity (Wildman–Crippen MR) is 62.2 cm³/mol. The Labute approximate surface area is 92.9 Å². The highest BCUT2D eigenvalue weighted by molar-refractivity contribution is 5.87. The summed E-state index contributed by atoms with van der Waals surface area (Å²) < 4.78 is 0. The third kappa shape index (κ3) is 1.46. The van der Waals surface area contributed by atoms with Crippen molar-refractivity contribution in [1.29, 1.82) is 0 Å². The first-order chi connectivity index (χ1) is 7.84. The van der Waals surface area contributed by atoms with Crippen LogP contribution >= 0.6 is 0 Å². The summed E-state index contributed by atoms with van der Waals surface area (Å²) in [6, 6.07) is 0. The Morgan fingerprint density at radius 3 is 2.81 bits per heavy atom. The largest absolute Gasteiger partial charge is 0.368 e. The van der Waals surface area contributed by atoms with Crippen molar-refractivity contribution in [2.24, 2.45) is 0 Å². The lowest BCUT2D eigenvalue weighted by Crippen LogP contribution is -2.30. The third-order valence-corrected chi connectivity index (χ3v) is 2.96. The molecule has 0 bridgehead atoms. The number of aromatic nitrogens is 4. The molecule has 3 N–H and O–H groups in total. The van der Waals surface area contributed by atoms with E-state index in [2.05, 4.69) is 25.1 Å². The van der Waals surface area contributed by atoms with Gasteiger partial charge in [0.1, 0.15) is 5.82 Å². The first kappa shape index (κ1) is 9.38. The molecular weight excluding hydrogens is 204 g/mol. The fourth-order valence-electron chi connectivity index (χ4n) is 2.18. The monoisotopic (exact) mass is 218 g/mol. The molecule has 3 heterocycles. The Hall–Kier alpha value is -1.85. The molecule has 0 aliphatic carbocycles. The van der Waals surface area contributed by atoms with Crippen molar-refractivity contribution in [1.82, 2.24) is 20.2 Å². The Balaban J connectivity index is 2.09. The van der Waals surface area contributed by atoms with Crippen LogP contribution in [0, 0.1) is 0 Å². The molecule has 0 aromatic carbocycles. The SMILES string of the molecule is Nc1nc(N2CCCCC2)c2cn[nH]c2n1. The summed E-state index contributed by atoms with van der Waals surface area (Å²) >= 11 is 0. The summed E-state index contributed by atoms with van der Waals surface area (Å²) in [7, 11) is 0. The Morgan fingerprint density at radius 2 is 2.00 bits per heavy atom. The summed E-state index contributed by atoms with van der Waals surface area (Å²) in [6.07, 6.45) is 5.48. The summed E-state index contributed by atoms with van der Waals surface area (Å²) in [4.78, 5) is 10.7. The number of nitrogen functional groups attached to an aromatic ring is 1. The number of fused-ring (bicyclic) bond motifs is 1. The highest BCUT2D eigenvalue weighted by Crippen LogP contribution is 2.25. The van der Waals surface area contributed by atoms with Gasteiger partial charge < -0.3 is 10.6 Å². The van der Waals surface area contributed by atoms with Crippen LogP contribution in [0.2, 0.25) is 0 Å². The molecule has 2 aromatic heterocycles. The zero-order valence-electron chi connectivity index (χ0n) is 8.98. The summed E-state index contributed by atoms with van der Waals surface area (Å²) in [6.45, 7) is 2.08. The van der Waals surface area contributed by atoms with Crippen molar-refractivity contribution in [3.63, 3.8) is 0 Å². The van der Waals surface area contributed by atoms with Crippen LogP contribution in [-0.2, 0) is 0 Å². The number of nitrogens with zero attached hydrogens (tertiary/aromatic N) is 4. The first-order valence-corrected chi connectivity index (χ1v) is 5.56. The molecule has 1 fully saturated rings. The molecule has 84 valence electrons. The Bertz CT molecular complexity index is 499. The second-order valence-electron chi connectivity index (χ2n) is 4.09. The lowest BCUT2D eigenvalue weighted by atomic mass is 10.1. The van der Waals surface area contributed by atoms with Gasteiger partial charge >= 0.3 is 0 Å². The zero-order chi connectivity index (χ0) is 11.0. The summed E-state index contributed by atoms with van der Waals surface area (Å²) in [5.74, 6) is 1.22. The van der Waals surface area contributed by atoms with Crippen LogP contribution in [0.4, 0.5) is 11.8 Å². The normalized spacial score (nSPS) is 16.9. The molecule has 0 amide bonds. The lowest BCUT2D eigenvalue weighted by Gasteiger charge is -2.27. The van der Waals surface area contributed by atoms with Crippen molar-refractivity contribution in [2.75, 3.05) is 23.7 Å². The Morgan fingerprint density at radius 1 is 1.19 bits per heavy atom. The van der Waals surface area contributed by atoms with Crippen LogP contribution < -0.4 is 10.6 Å². The molecule has 1 aliphatic rings. The molecule has 0 spiro atoms. The van der Waals surface area contributed by atoms with Crippen LogP contribution in [0.5, 0.6) is 0 Å². The van der Waals surface area contributed by atoms with Crippen molar-refractivity contribution in [3.05, 3.63) is 6.20 Å². The third-order valence-electron chi connectivity index (χ3n) is 2.96. The molecule has 1 saturated heterocycles. The molecule has 0 saturated carbocycles. The van der Waals surface area contributed by atoms with Crippen molar-refractivity contribution in [3.8, 4) is 0 Å². The number of piperidine rings is 1. The minimum atomic E-state index is 0.303. The van der Waals surface area contributed by atoms with Gasteiger partial charge in [0.05, 0.1) is 11.6 Å². The fraction of sp³-hybridized carbons (Fsp3) is 0.500.